The number of piperidine rings is 1. The SMILES string of the molecule is Cc1sc2nc(CN3CCC(C)CC3)nc(NC(C)c3nnc4n3CCCCC4)c2c1C. The second kappa shape index (κ2) is 9.06. The summed E-state index contributed by atoms with van der Waals surface area (Å²) in [6, 6.07) is 0.0377. The van der Waals surface area contributed by atoms with Crippen molar-refractivity contribution in [2.24, 2.45) is 5.92 Å². The predicted octanol–water partition coefficient (Wildman–Crippen LogP) is 5.03. The van der Waals surface area contributed by atoms with Crippen LogP contribution in [-0.2, 0) is 19.5 Å². The van der Waals surface area contributed by atoms with E-state index in [1.54, 1.807) is 11.3 Å². The molecule has 3 aromatic rings. The average molecular weight is 454 g/mol. The molecule has 32 heavy (non-hydrogen) atoms. The maximum absolute atomic E-state index is 5.05. The molecule has 0 saturated carbocycles. The number of aryl methyl sites for hydroxylation is 3. The van der Waals surface area contributed by atoms with E-state index in [2.05, 4.69) is 52.7 Å². The van der Waals surface area contributed by atoms with E-state index in [1.165, 1.54) is 42.5 Å². The van der Waals surface area contributed by atoms with Crippen LogP contribution in [0, 0.1) is 19.8 Å². The summed E-state index contributed by atoms with van der Waals surface area (Å²) in [5.41, 5.74) is 1.28. The fourth-order valence-corrected chi connectivity index (χ4v) is 6.03. The third kappa shape index (κ3) is 4.27. The summed E-state index contributed by atoms with van der Waals surface area (Å²) >= 11 is 1.78. The Morgan fingerprint density at radius 3 is 2.69 bits per heavy atom. The van der Waals surface area contributed by atoms with Crippen molar-refractivity contribution >= 4 is 27.4 Å². The van der Waals surface area contributed by atoms with Gasteiger partial charge in [0.05, 0.1) is 18.0 Å². The molecule has 2 aliphatic rings. The van der Waals surface area contributed by atoms with Crippen molar-refractivity contribution in [1.29, 1.82) is 0 Å². The Morgan fingerprint density at radius 1 is 1.06 bits per heavy atom. The predicted molar refractivity (Wildman–Crippen MR) is 130 cm³/mol. The van der Waals surface area contributed by atoms with Crippen molar-refractivity contribution in [3.05, 3.63) is 27.9 Å². The van der Waals surface area contributed by atoms with Crippen molar-refractivity contribution in [1.82, 2.24) is 29.6 Å². The summed E-state index contributed by atoms with van der Waals surface area (Å²) in [5.74, 6) is 4.83. The Labute approximate surface area is 194 Å². The number of hydrogen-bond donors (Lipinski definition) is 1. The summed E-state index contributed by atoms with van der Waals surface area (Å²) in [4.78, 5) is 14.9. The topological polar surface area (TPSA) is 71.8 Å². The van der Waals surface area contributed by atoms with Gasteiger partial charge in [0.2, 0.25) is 0 Å². The molecule has 1 fully saturated rings. The fraction of sp³-hybridized carbons (Fsp3) is 0.667. The molecule has 8 heteroatoms. The standard InChI is InChI=1S/C24H35N7S/c1-15-9-12-30(13-10-15)14-19-26-22(21-16(2)18(4)32-24(21)27-19)25-17(3)23-29-28-20-8-6-5-7-11-31(20)23/h15,17H,5-14H2,1-4H3,(H,25,26,27). The first-order valence-electron chi connectivity index (χ1n) is 12.2. The number of fused-ring (bicyclic) bond motifs is 2. The molecule has 1 N–H and O–H groups in total. The lowest BCUT2D eigenvalue weighted by atomic mass is 9.99. The number of thiophene rings is 1. The minimum atomic E-state index is 0.0377. The van der Waals surface area contributed by atoms with Crippen LogP contribution in [0.25, 0.3) is 10.2 Å². The van der Waals surface area contributed by atoms with E-state index in [1.807, 2.05) is 0 Å². The molecule has 5 heterocycles. The Morgan fingerprint density at radius 2 is 1.88 bits per heavy atom. The molecular formula is C24H35N7S. The van der Waals surface area contributed by atoms with Crippen LogP contribution in [0.1, 0.15) is 79.9 Å². The molecule has 0 aromatic carbocycles. The summed E-state index contributed by atoms with van der Waals surface area (Å²) in [6.07, 6.45) is 7.23. The molecule has 7 nitrogen and oxygen atoms in total. The van der Waals surface area contributed by atoms with Gasteiger partial charge in [-0.2, -0.15) is 0 Å². The van der Waals surface area contributed by atoms with Crippen LogP contribution < -0.4 is 5.32 Å². The van der Waals surface area contributed by atoms with Gasteiger partial charge in [-0.05, 0) is 71.0 Å². The van der Waals surface area contributed by atoms with E-state index in [0.717, 1.165) is 72.0 Å². The van der Waals surface area contributed by atoms with Crippen molar-refractivity contribution < 1.29 is 0 Å². The average Bonchev–Trinajstić information content (AvgIpc) is 3.20. The normalized spacial score (nSPS) is 19.1. The van der Waals surface area contributed by atoms with E-state index in [4.69, 9.17) is 9.97 Å². The Balaban J connectivity index is 1.45. The molecule has 3 aromatic heterocycles. The molecule has 1 unspecified atom stereocenters. The highest BCUT2D eigenvalue weighted by atomic mass is 32.1. The van der Waals surface area contributed by atoms with Gasteiger partial charge in [-0.1, -0.05) is 13.3 Å². The van der Waals surface area contributed by atoms with Gasteiger partial charge in [-0.3, -0.25) is 4.90 Å². The lowest BCUT2D eigenvalue weighted by molar-refractivity contribution is 0.181. The largest absolute Gasteiger partial charge is 0.360 e. The Bertz CT molecular complexity index is 1090. The zero-order valence-corrected chi connectivity index (χ0v) is 20.6. The number of rotatable bonds is 5. The fourth-order valence-electron chi connectivity index (χ4n) is 4.99. The molecule has 0 aliphatic carbocycles. The second-order valence-electron chi connectivity index (χ2n) is 9.71. The van der Waals surface area contributed by atoms with Crippen molar-refractivity contribution in [3.63, 3.8) is 0 Å². The van der Waals surface area contributed by atoms with Crippen molar-refractivity contribution in [2.45, 2.75) is 85.4 Å². The first-order valence-corrected chi connectivity index (χ1v) is 13.0. The summed E-state index contributed by atoms with van der Waals surface area (Å²) < 4.78 is 2.32. The quantitative estimate of drug-likeness (QED) is 0.584. The highest BCUT2D eigenvalue weighted by Gasteiger charge is 2.23. The van der Waals surface area contributed by atoms with E-state index in [-0.39, 0.29) is 6.04 Å². The van der Waals surface area contributed by atoms with Crippen molar-refractivity contribution in [2.75, 3.05) is 18.4 Å². The van der Waals surface area contributed by atoms with Gasteiger partial charge >= 0.3 is 0 Å². The first-order chi connectivity index (χ1) is 15.5. The highest BCUT2D eigenvalue weighted by molar-refractivity contribution is 7.18. The third-order valence-corrected chi connectivity index (χ3v) is 8.30. The van der Waals surface area contributed by atoms with Gasteiger partial charge in [0, 0.05) is 17.8 Å². The molecule has 0 amide bonds. The zero-order chi connectivity index (χ0) is 22.2. The van der Waals surface area contributed by atoms with Crippen LogP contribution in [0.5, 0.6) is 0 Å². The lowest BCUT2D eigenvalue weighted by Gasteiger charge is -2.29. The van der Waals surface area contributed by atoms with E-state index >= 15 is 0 Å². The van der Waals surface area contributed by atoms with E-state index in [0.29, 0.717) is 0 Å². The summed E-state index contributed by atoms with van der Waals surface area (Å²) in [6.45, 7) is 13.0. The minimum Gasteiger partial charge on any atom is -0.360 e. The monoisotopic (exact) mass is 453 g/mol. The Kier molecular flexibility index (Phi) is 6.16. The minimum absolute atomic E-state index is 0.0377. The van der Waals surface area contributed by atoms with Crippen LogP contribution in [0.4, 0.5) is 5.82 Å². The maximum Gasteiger partial charge on any atom is 0.155 e. The van der Waals surface area contributed by atoms with Crippen LogP contribution in [0.15, 0.2) is 0 Å². The molecule has 1 atom stereocenters. The smallest absolute Gasteiger partial charge is 0.155 e. The number of likely N-dealkylation sites (tertiary alicyclic amines) is 1. The number of aromatic nitrogens is 5. The third-order valence-electron chi connectivity index (χ3n) is 7.19. The van der Waals surface area contributed by atoms with E-state index in [9.17, 15) is 0 Å². The van der Waals surface area contributed by atoms with Crippen LogP contribution >= 0.6 is 11.3 Å². The van der Waals surface area contributed by atoms with Gasteiger partial charge in [-0.15, -0.1) is 21.5 Å². The van der Waals surface area contributed by atoms with Crippen LogP contribution in [0.3, 0.4) is 0 Å². The summed E-state index contributed by atoms with van der Waals surface area (Å²) in [7, 11) is 0. The van der Waals surface area contributed by atoms with Gasteiger partial charge < -0.3 is 9.88 Å². The maximum atomic E-state index is 5.05. The number of nitrogens with zero attached hydrogens (tertiary/aromatic N) is 6. The number of anilines is 1. The molecule has 5 rings (SSSR count). The molecule has 0 spiro atoms. The highest BCUT2D eigenvalue weighted by Crippen LogP contribution is 2.35. The van der Waals surface area contributed by atoms with Gasteiger partial charge in [0.25, 0.3) is 0 Å². The molecular weight excluding hydrogens is 418 g/mol. The first kappa shape index (κ1) is 21.8. The molecule has 1 saturated heterocycles. The van der Waals surface area contributed by atoms with Crippen molar-refractivity contribution in [3.8, 4) is 0 Å². The molecule has 0 bridgehead atoms. The van der Waals surface area contributed by atoms with Gasteiger partial charge in [0.15, 0.2) is 5.82 Å². The van der Waals surface area contributed by atoms with Crippen LogP contribution in [-0.4, -0.2) is 42.7 Å². The van der Waals surface area contributed by atoms with E-state index < -0.39 is 0 Å². The number of hydrogen-bond acceptors (Lipinski definition) is 7. The molecule has 0 radical (unpaired) electrons. The zero-order valence-electron chi connectivity index (χ0n) is 19.8. The lowest BCUT2D eigenvalue weighted by Crippen LogP contribution is -2.33. The number of nitrogens with one attached hydrogen (secondary N) is 1. The Hall–Kier alpha value is -2.06. The molecule has 172 valence electrons. The summed E-state index contributed by atoms with van der Waals surface area (Å²) in [5, 5.41) is 13.9. The molecule has 2 aliphatic heterocycles. The van der Waals surface area contributed by atoms with Gasteiger partial charge in [0.1, 0.15) is 22.3 Å². The van der Waals surface area contributed by atoms with Crippen LogP contribution in [0.2, 0.25) is 0 Å². The second-order valence-corrected chi connectivity index (χ2v) is 10.9. The van der Waals surface area contributed by atoms with Gasteiger partial charge in [-0.25, -0.2) is 9.97 Å².